The number of rotatable bonds is 2. The topological polar surface area (TPSA) is 59.0 Å². The lowest BCUT2D eigenvalue weighted by atomic mass is 10.1. The second kappa shape index (κ2) is 5.12. The van der Waals surface area contributed by atoms with Gasteiger partial charge in [0.1, 0.15) is 0 Å². The number of nitrogens with one attached hydrogen (secondary N) is 2. The van der Waals surface area contributed by atoms with E-state index in [1.807, 2.05) is 7.05 Å². The normalized spacial score (nSPS) is 21.4. The Morgan fingerprint density at radius 2 is 2.44 bits per heavy atom. The molecule has 5 nitrogen and oxygen atoms in total. The Kier molecular flexibility index (Phi) is 3.56. The lowest BCUT2D eigenvalue weighted by Crippen LogP contribution is -2.36. The van der Waals surface area contributed by atoms with Crippen LogP contribution in [0.1, 0.15) is 29.9 Å². The summed E-state index contributed by atoms with van der Waals surface area (Å²) in [6.07, 6.45) is 6.58. The lowest BCUT2D eigenvalue weighted by molar-refractivity contribution is 0.0920. The maximum Gasteiger partial charge on any atom is 0.287 e. The number of nitrogens with zero attached hydrogens (tertiary/aromatic N) is 2. The summed E-state index contributed by atoms with van der Waals surface area (Å²) in [6.45, 7) is 2.03. The monoisotopic (exact) mass is 222 g/mol. The van der Waals surface area contributed by atoms with Crippen molar-refractivity contribution in [2.45, 2.75) is 25.3 Å². The first-order valence-electron chi connectivity index (χ1n) is 5.76. The van der Waals surface area contributed by atoms with E-state index in [1.54, 1.807) is 17.0 Å². The smallest absolute Gasteiger partial charge is 0.287 e. The van der Waals surface area contributed by atoms with Gasteiger partial charge in [-0.3, -0.25) is 4.79 Å². The molecule has 1 fully saturated rings. The minimum Gasteiger partial charge on any atom is -0.347 e. The SMILES string of the molecule is Cn1ccnc1C(=O)NC1CCCNCC1. The van der Waals surface area contributed by atoms with Gasteiger partial charge >= 0.3 is 0 Å². The number of hydrogen-bond donors (Lipinski definition) is 2. The average molecular weight is 222 g/mol. The Labute approximate surface area is 95.2 Å². The van der Waals surface area contributed by atoms with Crippen LogP contribution in [0.15, 0.2) is 12.4 Å². The van der Waals surface area contributed by atoms with Gasteiger partial charge in [-0.1, -0.05) is 0 Å². The minimum absolute atomic E-state index is 0.0700. The Hall–Kier alpha value is -1.36. The zero-order chi connectivity index (χ0) is 11.4. The highest BCUT2D eigenvalue weighted by atomic mass is 16.2. The van der Waals surface area contributed by atoms with Crippen molar-refractivity contribution in [2.75, 3.05) is 13.1 Å². The van der Waals surface area contributed by atoms with Crippen LogP contribution in [0.3, 0.4) is 0 Å². The fourth-order valence-electron chi connectivity index (χ4n) is 2.00. The van der Waals surface area contributed by atoms with Crippen LogP contribution < -0.4 is 10.6 Å². The fraction of sp³-hybridized carbons (Fsp3) is 0.636. The van der Waals surface area contributed by atoms with E-state index < -0.39 is 0 Å². The van der Waals surface area contributed by atoms with Crippen LogP contribution in [0.25, 0.3) is 0 Å². The number of carbonyl (C=O) groups is 1. The van der Waals surface area contributed by atoms with Gasteiger partial charge in [0.05, 0.1) is 0 Å². The molecule has 0 bridgehead atoms. The summed E-state index contributed by atoms with van der Waals surface area (Å²) in [5.74, 6) is 0.414. The number of hydrogen-bond acceptors (Lipinski definition) is 3. The zero-order valence-corrected chi connectivity index (χ0v) is 9.57. The molecule has 2 N–H and O–H groups in total. The van der Waals surface area contributed by atoms with Crippen LogP contribution in [0.4, 0.5) is 0 Å². The summed E-state index contributed by atoms with van der Waals surface area (Å²) in [5, 5.41) is 6.36. The van der Waals surface area contributed by atoms with Crippen LogP contribution in [0.2, 0.25) is 0 Å². The molecule has 1 saturated heterocycles. The summed E-state index contributed by atoms with van der Waals surface area (Å²) >= 11 is 0. The molecule has 2 rings (SSSR count). The van der Waals surface area contributed by atoms with Crippen molar-refractivity contribution in [1.82, 2.24) is 20.2 Å². The van der Waals surface area contributed by atoms with E-state index in [9.17, 15) is 4.79 Å². The molecule has 16 heavy (non-hydrogen) atoms. The van der Waals surface area contributed by atoms with Gasteiger partial charge in [0, 0.05) is 25.5 Å². The van der Waals surface area contributed by atoms with Crippen LogP contribution in [-0.2, 0) is 7.05 Å². The Bertz CT molecular complexity index is 353. The second-order valence-electron chi connectivity index (χ2n) is 4.21. The third kappa shape index (κ3) is 2.61. The quantitative estimate of drug-likeness (QED) is 0.756. The molecular weight excluding hydrogens is 204 g/mol. The van der Waals surface area contributed by atoms with E-state index in [2.05, 4.69) is 15.6 Å². The van der Waals surface area contributed by atoms with Gasteiger partial charge in [-0.2, -0.15) is 0 Å². The summed E-state index contributed by atoms with van der Waals surface area (Å²) in [5.41, 5.74) is 0. The van der Waals surface area contributed by atoms with E-state index in [0.29, 0.717) is 5.82 Å². The molecule has 1 unspecified atom stereocenters. The van der Waals surface area contributed by atoms with Crippen molar-refractivity contribution in [3.63, 3.8) is 0 Å². The van der Waals surface area contributed by atoms with Gasteiger partial charge in [0.15, 0.2) is 5.82 Å². The van der Waals surface area contributed by atoms with E-state index in [-0.39, 0.29) is 11.9 Å². The van der Waals surface area contributed by atoms with Gasteiger partial charge in [0.25, 0.3) is 5.91 Å². The minimum atomic E-state index is -0.0700. The average Bonchev–Trinajstić information content (AvgIpc) is 2.53. The molecule has 0 aromatic carbocycles. The molecular formula is C11H18N4O. The molecule has 5 heteroatoms. The van der Waals surface area contributed by atoms with Crippen molar-refractivity contribution < 1.29 is 4.79 Å². The second-order valence-corrected chi connectivity index (χ2v) is 4.21. The molecule has 1 aromatic rings. The maximum absolute atomic E-state index is 11.9. The number of aromatic nitrogens is 2. The lowest BCUT2D eigenvalue weighted by Gasteiger charge is -2.15. The molecule has 1 atom stereocenters. The summed E-state index contributed by atoms with van der Waals surface area (Å²) in [7, 11) is 1.83. The molecule has 0 aliphatic carbocycles. The first-order valence-corrected chi connectivity index (χ1v) is 5.76. The van der Waals surface area contributed by atoms with E-state index in [1.165, 1.54) is 0 Å². The highest BCUT2D eigenvalue weighted by Crippen LogP contribution is 2.06. The third-order valence-electron chi connectivity index (χ3n) is 2.94. The maximum atomic E-state index is 11.9. The molecule has 1 aliphatic rings. The van der Waals surface area contributed by atoms with Crippen molar-refractivity contribution in [3.8, 4) is 0 Å². The predicted molar refractivity (Wildman–Crippen MR) is 61.2 cm³/mol. The largest absolute Gasteiger partial charge is 0.347 e. The van der Waals surface area contributed by atoms with Crippen LogP contribution in [-0.4, -0.2) is 34.6 Å². The molecule has 0 radical (unpaired) electrons. The predicted octanol–water partition coefficient (Wildman–Crippen LogP) is 0.292. The van der Waals surface area contributed by atoms with E-state index >= 15 is 0 Å². The molecule has 1 aromatic heterocycles. The Morgan fingerprint density at radius 3 is 3.19 bits per heavy atom. The van der Waals surface area contributed by atoms with Gasteiger partial charge in [0.2, 0.25) is 0 Å². The van der Waals surface area contributed by atoms with Gasteiger partial charge in [-0.25, -0.2) is 4.98 Å². The number of carbonyl (C=O) groups excluding carboxylic acids is 1. The third-order valence-corrected chi connectivity index (χ3v) is 2.94. The molecule has 1 aliphatic heterocycles. The first kappa shape index (κ1) is 11.1. The van der Waals surface area contributed by atoms with Gasteiger partial charge < -0.3 is 15.2 Å². The van der Waals surface area contributed by atoms with Gasteiger partial charge in [-0.05, 0) is 32.4 Å². The highest BCUT2D eigenvalue weighted by molar-refractivity contribution is 5.90. The summed E-state index contributed by atoms with van der Waals surface area (Å²) < 4.78 is 1.74. The van der Waals surface area contributed by atoms with Crippen molar-refractivity contribution in [1.29, 1.82) is 0 Å². The zero-order valence-electron chi connectivity index (χ0n) is 9.57. The van der Waals surface area contributed by atoms with Crippen molar-refractivity contribution in [2.24, 2.45) is 7.05 Å². The molecule has 88 valence electrons. The standard InChI is InChI=1S/C11H18N4O/c1-15-8-7-13-10(15)11(16)14-9-3-2-5-12-6-4-9/h7-9,12H,2-6H2,1H3,(H,14,16). The Morgan fingerprint density at radius 1 is 1.56 bits per heavy atom. The van der Waals surface area contributed by atoms with Crippen molar-refractivity contribution in [3.05, 3.63) is 18.2 Å². The molecule has 0 saturated carbocycles. The number of amides is 1. The number of imidazole rings is 1. The fourth-order valence-corrected chi connectivity index (χ4v) is 2.00. The van der Waals surface area contributed by atoms with Crippen LogP contribution in [0.5, 0.6) is 0 Å². The molecule has 0 spiro atoms. The highest BCUT2D eigenvalue weighted by Gasteiger charge is 2.17. The van der Waals surface area contributed by atoms with Gasteiger partial charge in [-0.15, -0.1) is 0 Å². The van der Waals surface area contributed by atoms with E-state index in [4.69, 9.17) is 0 Å². The summed E-state index contributed by atoms with van der Waals surface area (Å²) in [6, 6.07) is 0.277. The molecule has 1 amide bonds. The number of aryl methyl sites for hydroxylation is 1. The molecule has 2 heterocycles. The Balaban J connectivity index is 1.93. The first-order chi connectivity index (χ1) is 7.77. The van der Waals surface area contributed by atoms with Crippen LogP contribution >= 0.6 is 0 Å². The summed E-state index contributed by atoms with van der Waals surface area (Å²) in [4.78, 5) is 15.9. The van der Waals surface area contributed by atoms with Crippen LogP contribution in [0, 0.1) is 0 Å². The van der Waals surface area contributed by atoms with E-state index in [0.717, 1.165) is 32.4 Å². The van der Waals surface area contributed by atoms with Crippen molar-refractivity contribution >= 4 is 5.91 Å².